The first-order chi connectivity index (χ1) is 15.9. The van der Waals surface area contributed by atoms with Crippen LogP contribution in [0.5, 0.6) is 0 Å². The number of carbonyl (C=O) groups excluding carboxylic acids is 3. The molecule has 2 N–H and O–H groups in total. The molecule has 11 nitrogen and oxygen atoms in total. The van der Waals surface area contributed by atoms with Gasteiger partial charge in [-0.1, -0.05) is 30.3 Å². The van der Waals surface area contributed by atoms with E-state index in [1.807, 2.05) is 18.2 Å². The van der Waals surface area contributed by atoms with Crippen LogP contribution in [0, 0.1) is 0 Å². The number of esters is 1. The first-order valence-corrected chi connectivity index (χ1v) is 10.9. The van der Waals surface area contributed by atoms with Crippen LogP contribution >= 0.6 is 0 Å². The number of carbonyl (C=O) groups is 4. The van der Waals surface area contributed by atoms with E-state index in [9.17, 15) is 19.2 Å². The summed E-state index contributed by atoms with van der Waals surface area (Å²) >= 11 is 0. The normalized spacial score (nSPS) is 18.8. The number of alkyl carbamates (subject to hydrolysis) is 1. The molecule has 0 aliphatic carbocycles. The lowest BCUT2D eigenvalue weighted by Gasteiger charge is -2.22. The van der Waals surface area contributed by atoms with E-state index in [1.54, 1.807) is 32.9 Å². The van der Waals surface area contributed by atoms with Crippen molar-refractivity contribution in [2.75, 3.05) is 26.3 Å². The highest BCUT2D eigenvalue weighted by atomic mass is 16.6. The minimum absolute atomic E-state index is 0.0379. The number of nitrogens with zero attached hydrogens (tertiary/aromatic N) is 1. The first-order valence-electron chi connectivity index (χ1n) is 10.9. The molecule has 2 amide bonds. The number of benzene rings is 1. The SMILES string of the molecule is CC(NC(=O)OCc1ccccc1)C(=O)N1CC(OCC(=O)O)C(OCC(=O)OC(C)(C)C)C1. The zero-order valence-electron chi connectivity index (χ0n) is 19.8. The van der Waals surface area contributed by atoms with Crippen molar-refractivity contribution in [3.8, 4) is 0 Å². The van der Waals surface area contributed by atoms with Crippen LogP contribution < -0.4 is 5.32 Å². The molecule has 34 heavy (non-hydrogen) atoms. The second kappa shape index (κ2) is 12.3. The van der Waals surface area contributed by atoms with Crippen molar-refractivity contribution < 1.29 is 43.2 Å². The molecule has 188 valence electrons. The van der Waals surface area contributed by atoms with Gasteiger partial charge in [0.05, 0.1) is 0 Å². The van der Waals surface area contributed by atoms with Crippen LogP contribution in [0.4, 0.5) is 4.79 Å². The highest BCUT2D eigenvalue weighted by Crippen LogP contribution is 2.19. The van der Waals surface area contributed by atoms with E-state index in [1.165, 1.54) is 11.8 Å². The van der Waals surface area contributed by atoms with Crippen LogP contribution in [0.1, 0.15) is 33.3 Å². The Kier molecular flexibility index (Phi) is 9.82. The lowest BCUT2D eigenvalue weighted by molar-refractivity contribution is -0.165. The minimum Gasteiger partial charge on any atom is -0.480 e. The van der Waals surface area contributed by atoms with Gasteiger partial charge >= 0.3 is 18.0 Å². The molecule has 0 spiro atoms. The Balaban J connectivity index is 1.90. The first kappa shape index (κ1) is 27.1. The molecule has 1 fully saturated rings. The van der Waals surface area contributed by atoms with Gasteiger partial charge in [-0.25, -0.2) is 14.4 Å². The topological polar surface area (TPSA) is 141 Å². The van der Waals surface area contributed by atoms with E-state index in [0.29, 0.717) is 0 Å². The summed E-state index contributed by atoms with van der Waals surface area (Å²) in [7, 11) is 0. The Morgan fingerprint density at radius 2 is 1.65 bits per heavy atom. The van der Waals surface area contributed by atoms with Crippen molar-refractivity contribution in [1.82, 2.24) is 10.2 Å². The fourth-order valence-electron chi connectivity index (χ4n) is 3.25. The Morgan fingerprint density at radius 1 is 1.06 bits per heavy atom. The van der Waals surface area contributed by atoms with Gasteiger partial charge < -0.3 is 34.3 Å². The number of likely N-dealkylation sites (tertiary alicyclic amines) is 1. The molecule has 1 aliphatic heterocycles. The maximum atomic E-state index is 12.8. The quantitative estimate of drug-likeness (QED) is 0.475. The molecule has 1 aliphatic rings. The number of nitrogens with one attached hydrogen (secondary N) is 1. The Bertz CT molecular complexity index is 854. The van der Waals surface area contributed by atoms with Crippen LogP contribution in [0.2, 0.25) is 0 Å². The van der Waals surface area contributed by atoms with Gasteiger partial charge in [0, 0.05) is 13.1 Å². The van der Waals surface area contributed by atoms with Crippen molar-refractivity contribution >= 4 is 23.9 Å². The van der Waals surface area contributed by atoms with Crippen molar-refractivity contribution in [2.45, 2.75) is 58.2 Å². The van der Waals surface area contributed by atoms with E-state index < -0.39 is 54.4 Å². The maximum Gasteiger partial charge on any atom is 0.408 e. The van der Waals surface area contributed by atoms with E-state index in [-0.39, 0.29) is 26.3 Å². The van der Waals surface area contributed by atoms with Crippen LogP contribution in [-0.4, -0.2) is 84.1 Å². The van der Waals surface area contributed by atoms with Gasteiger partial charge in [0.25, 0.3) is 0 Å². The monoisotopic (exact) mass is 480 g/mol. The summed E-state index contributed by atoms with van der Waals surface area (Å²) in [6.07, 6.45) is -2.26. The fraction of sp³-hybridized carbons (Fsp3) is 0.565. The molecule has 1 heterocycles. The summed E-state index contributed by atoms with van der Waals surface area (Å²) in [5, 5.41) is 11.4. The molecule has 2 rings (SSSR count). The number of rotatable bonds is 10. The van der Waals surface area contributed by atoms with Gasteiger partial charge in [0.1, 0.15) is 43.7 Å². The predicted molar refractivity (Wildman–Crippen MR) is 119 cm³/mol. The number of amides is 2. The van der Waals surface area contributed by atoms with E-state index in [0.717, 1.165) is 5.56 Å². The van der Waals surface area contributed by atoms with Crippen molar-refractivity contribution in [3.05, 3.63) is 35.9 Å². The molecule has 11 heteroatoms. The van der Waals surface area contributed by atoms with E-state index in [2.05, 4.69) is 5.32 Å². The Morgan fingerprint density at radius 3 is 2.21 bits per heavy atom. The molecule has 0 aromatic heterocycles. The van der Waals surface area contributed by atoms with Gasteiger partial charge in [-0.05, 0) is 33.3 Å². The minimum atomic E-state index is -1.17. The summed E-state index contributed by atoms with van der Waals surface area (Å²) in [4.78, 5) is 49.2. The molecule has 0 saturated carbocycles. The van der Waals surface area contributed by atoms with Gasteiger partial charge in [-0.3, -0.25) is 4.79 Å². The summed E-state index contributed by atoms with van der Waals surface area (Å²) in [6.45, 7) is 5.86. The largest absolute Gasteiger partial charge is 0.480 e. The number of ether oxygens (including phenoxy) is 4. The van der Waals surface area contributed by atoms with Crippen LogP contribution in [-0.2, 0) is 39.9 Å². The summed E-state index contributed by atoms with van der Waals surface area (Å²) in [6, 6.07) is 8.19. The van der Waals surface area contributed by atoms with Crippen molar-refractivity contribution in [3.63, 3.8) is 0 Å². The van der Waals surface area contributed by atoms with E-state index >= 15 is 0 Å². The average Bonchev–Trinajstić information content (AvgIpc) is 3.17. The number of hydrogen-bond acceptors (Lipinski definition) is 8. The van der Waals surface area contributed by atoms with Gasteiger partial charge in [-0.2, -0.15) is 0 Å². The van der Waals surface area contributed by atoms with Gasteiger partial charge in [-0.15, -0.1) is 0 Å². The Hall–Kier alpha value is -3.18. The lowest BCUT2D eigenvalue weighted by atomic mass is 10.2. The smallest absolute Gasteiger partial charge is 0.408 e. The standard InChI is InChI=1S/C23H32N2O9/c1-15(24-22(30)33-12-16-8-6-5-7-9-16)21(29)25-10-17(31-13-19(26)27)18(11-25)32-14-20(28)34-23(2,3)4/h5-9,15,17-18H,10-14H2,1-4H3,(H,24,30)(H,26,27). The van der Waals surface area contributed by atoms with Crippen LogP contribution in [0.15, 0.2) is 30.3 Å². The third-order valence-corrected chi connectivity index (χ3v) is 4.70. The molecule has 3 atom stereocenters. The van der Waals surface area contributed by atoms with E-state index in [4.69, 9.17) is 24.1 Å². The van der Waals surface area contributed by atoms with Crippen molar-refractivity contribution in [1.29, 1.82) is 0 Å². The number of carboxylic acids is 1. The zero-order valence-corrected chi connectivity index (χ0v) is 19.8. The molecule has 3 unspecified atom stereocenters. The molecular weight excluding hydrogens is 448 g/mol. The molecule has 1 aromatic rings. The number of hydrogen-bond donors (Lipinski definition) is 2. The molecular formula is C23H32N2O9. The molecule has 1 saturated heterocycles. The maximum absolute atomic E-state index is 12.8. The third-order valence-electron chi connectivity index (χ3n) is 4.70. The highest BCUT2D eigenvalue weighted by molar-refractivity contribution is 5.85. The third kappa shape index (κ3) is 9.36. The Labute approximate surface area is 198 Å². The summed E-state index contributed by atoms with van der Waals surface area (Å²) < 4.78 is 21.3. The zero-order chi connectivity index (χ0) is 25.3. The molecule has 1 aromatic carbocycles. The van der Waals surface area contributed by atoms with Gasteiger partial charge in [0.2, 0.25) is 5.91 Å². The summed E-state index contributed by atoms with van der Waals surface area (Å²) in [5.41, 5.74) is 0.118. The van der Waals surface area contributed by atoms with Crippen molar-refractivity contribution in [2.24, 2.45) is 0 Å². The second-order valence-electron chi connectivity index (χ2n) is 8.85. The van der Waals surface area contributed by atoms with Crippen LogP contribution in [0.3, 0.4) is 0 Å². The summed E-state index contributed by atoms with van der Waals surface area (Å²) in [5.74, 6) is -2.19. The molecule has 0 radical (unpaired) electrons. The highest BCUT2D eigenvalue weighted by Gasteiger charge is 2.39. The average molecular weight is 481 g/mol. The number of carboxylic acid groups (broad SMARTS) is 1. The second-order valence-corrected chi connectivity index (χ2v) is 8.85. The molecule has 0 bridgehead atoms. The fourth-order valence-corrected chi connectivity index (χ4v) is 3.25. The predicted octanol–water partition coefficient (Wildman–Crippen LogP) is 1.34. The lowest BCUT2D eigenvalue weighted by Crippen LogP contribution is -2.46. The number of aliphatic carboxylic acids is 1. The van der Waals surface area contributed by atoms with Gasteiger partial charge in [0.15, 0.2) is 0 Å². The van der Waals surface area contributed by atoms with Crippen LogP contribution in [0.25, 0.3) is 0 Å².